The van der Waals surface area contributed by atoms with Gasteiger partial charge in [0.05, 0.1) is 17.4 Å². The van der Waals surface area contributed by atoms with Crippen molar-refractivity contribution in [3.8, 4) is 11.3 Å². The van der Waals surface area contributed by atoms with Crippen molar-refractivity contribution in [3.63, 3.8) is 0 Å². The molecule has 162 valence electrons. The van der Waals surface area contributed by atoms with Crippen LogP contribution in [0.2, 0.25) is 0 Å². The van der Waals surface area contributed by atoms with Crippen molar-refractivity contribution in [2.75, 3.05) is 0 Å². The lowest BCUT2D eigenvalue weighted by Gasteiger charge is -2.24. The predicted molar refractivity (Wildman–Crippen MR) is 133 cm³/mol. The Morgan fingerprint density at radius 1 is 0.688 bits per heavy atom. The van der Waals surface area contributed by atoms with Crippen LogP contribution in [-0.4, -0.2) is 9.97 Å². The highest BCUT2D eigenvalue weighted by Crippen LogP contribution is 2.35. The molecule has 0 aliphatic carbocycles. The molecular formula is C29H31N3. The lowest BCUT2D eigenvalue weighted by molar-refractivity contribution is 0.785. The fourth-order valence-corrected chi connectivity index (χ4v) is 4.59. The molecule has 0 saturated heterocycles. The SMILES string of the molecule is Cc1c(C(C)C)cccc1C(C)c1ccccc1C(N)c1cccc(-c2ccncc2)n1. The van der Waals surface area contributed by atoms with Crippen LogP contribution >= 0.6 is 0 Å². The van der Waals surface area contributed by atoms with Crippen LogP contribution in [-0.2, 0) is 0 Å². The second-order valence-electron chi connectivity index (χ2n) is 8.73. The average molecular weight is 422 g/mol. The molecule has 0 radical (unpaired) electrons. The molecule has 4 rings (SSSR count). The summed E-state index contributed by atoms with van der Waals surface area (Å²) in [5.74, 6) is 0.735. The average Bonchev–Trinajstić information content (AvgIpc) is 2.84. The summed E-state index contributed by atoms with van der Waals surface area (Å²) < 4.78 is 0. The van der Waals surface area contributed by atoms with Crippen LogP contribution in [0.4, 0.5) is 0 Å². The summed E-state index contributed by atoms with van der Waals surface area (Å²) in [5.41, 5.74) is 16.1. The molecule has 2 N–H and O–H groups in total. The van der Waals surface area contributed by atoms with Gasteiger partial charge < -0.3 is 5.73 Å². The lowest BCUT2D eigenvalue weighted by Crippen LogP contribution is -2.17. The summed E-state index contributed by atoms with van der Waals surface area (Å²) in [7, 11) is 0. The summed E-state index contributed by atoms with van der Waals surface area (Å²) in [5, 5.41) is 0. The largest absolute Gasteiger partial charge is 0.319 e. The predicted octanol–water partition coefficient (Wildman–Crippen LogP) is 6.78. The van der Waals surface area contributed by atoms with Crippen LogP contribution in [0.15, 0.2) is 85.2 Å². The third-order valence-electron chi connectivity index (χ3n) is 6.37. The van der Waals surface area contributed by atoms with E-state index >= 15 is 0 Å². The molecule has 2 unspecified atom stereocenters. The summed E-state index contributed by atoms with van der Waals surface area (Å²) in [6.07, 6.45) is 3.57. The Balaban J connectivity index is 1.73. The van der Waals surface area contributed by atoms with Gasteiger partial charge in [-0.25, -0.2) is 0 Å². The minimum Gasteiger partial charge on any atom is -0.319 e. The minimum absolute atomic E-state index is 0.235. The highest BCUT2D eigenvalue weighted by molar-refractivity contribution is 5.58. The van der Waals surface area contributed by atoms with E-state index in [-0.39, 0.29) is 12.0 Å². The van der Waals surface area contributed by atoms with E-state index in [1.54, 1.807) is 12.4 Å². The summed E-state index contributed by atoms with van der Waals surface area (Å²) in [6, 6.07) is 24.9. The summed E-state index contributed by atoms with van der Waals surface area (Å²) in [6.45, 7) is 9.02. The molecule has 0 saturated carbocycles. The van der Waals surface area contributed by atoms with Gasteiger partial charge in [0.15, 0.2) is 0 Å². The van der Waals surface area contributed by atoms with Gasteiger partial charge in [0.25, 0.3) is 0 Å². The van der Waals surface area contributed by atoms with Crippen molar-refractivity contribution in [3.05, 3.63) is 119 Å². The Kier molecular flexibility index (Phi) is 6.48. The van der Waals surface area contributed by atoms with Crippen molar-refractivity contribution in [2.24, 2.45) is 5.73 Å². The zero-order valence-electron chi connectivity index (χ0n) is 19.3. The van der Waals surface area contributed by atoms with Crippen LogP contribution < -0.4 is 5.73 Å². The van der Waals surface area contributed by atoms with Gasteiger partial charge in [-0.15, -0.1) is 0 Å². The number of pyridine rings is 2. The van der Waals surface area contributed by atoms with Gasteiger partial charge in [0.2, 0.25) is 0 Å². The minimum atomic E-state index is -0.302. The van der Waals surface area contributed by atoms with Crippen LogP contribution in [0, 0.1) is 6.92 Å². The van der Waals surface area contributed by atoms with E-state index in [4.69, 9.17) is 10.7 Å². The number of rotatable bonds is 6. The Hall–Kier alpha value is -3.30. The van der Waals surface area contributed by atoms with Crippen molar-refractivity contribution < 1.29 is 0 Å². The van der Waals surface area contributed by atoms with Crippen molar-refractivity contribution in [1.29, 1.82) is 0 Å². The number of aromatic nitrogens is 2. The smallest absolute Gasteiger partial charge is 0.0729 e. The van der Waals surface area contributed by atoms with Crippen LogP contribution in [0.1, 0.15) is 72.2 Å². The molecule has 2 atom stereocenters. The zero-order chi connectivity index (χ0) is 22.7. The van der Waals surface area contributed by atoms with Crippen LogP contribution in [0.25, 0.3) is 11.3 Å². The van der Waals surface area contributed by atoms with Crippen LogP contribution in [0.5, 0.6) is 0 Å². The standard InChI is InChI=1S/C29H31N3/c1-19(2)23-11-7-12-24(20(23)3)21(4)25-9-5-6-10-26(25)29(30)28-14-8-13-27(32-28)22-15-17-31-18-16-22/h5-19,21,29H,30H2,1-4H3. The molecular weight excluding hydrogens is 390 g/mol. The Morgan fingerprint density at radius 2 is 1.31 bits per heavy atom. The molecule has 0 fully saturated rings. The third kappa shape index (κ3) is 4.35. The van der Waals surface area contributed by atoms with Crippen molar-refractivity contribution in [2.45, 2.75) is 45.6 Å². The van der Waals surface area contributed by atoms with Gasteiger partial charge >= 0.3 is 0 Å². The van der Waals surface area contributed by atoms with E-state index in [0.29, 0.717) is 5.92 Å². The van der Waals surface area contributed by atoms with Gasteiger partial charge in [-0.2, -0.15) is 0 Å². The maximum absolute atomic E-state index is 6.82. The molecule has 0 aliphatic heterocycles. The molecule has 3 heteroatoms. The molecule has 0 bridgehead atoms. The Morgan fingerprint density at radius 3 is 2.03 bits per heavy atom. The molecule has 32 heavy (non-hydrogen) atoms. The van der Waals surface area contributed by atoms with Gasteiger partial charge in [-0.1, -0.05) is 69.3 Å². The molecule has 0 amide bonds. The first-order valence-electron chi connectivity index (χ1n) is 11.3. The van der Waals surface area contributed by atoms with E-state index in [2.05, 4.69) is 75.1 Å². The second-order valence-corrected chi connectivity index (χ2v) is 8.73. The molecule has 4 aromatic rings. The Bertz CT molecular complexity index is 1200. The molecule has 2 aromatic carbocycles. The molecule has 2 heterocycles. The van der Waals surface area contributed by atoms with Gasteiger partial charge in [-0.3, -0.25) is 9.97 Å². The molecule has 3 nitrogen and oxygen atoms in total. The third-order valence-corrected chi connectivity index (χ3v) is 6.37. The molecule has 0 aliphatic rings. The first-order chi connectivity index (χ1) is 15.5. The molecule has 0 spiro atoms. The first-order valence-corrected chi connectivity index (χ1v) is 11.3. The Labute approximate surface area is 191 Å². The second kappa shape index (κ2) is 9.46. The van der Waals surface area contributed by atoms with Gasteiger partial charge in [-0.05, 0) is 64.9 Å². The number of nitrogens with two attached hydrogens (primary N) is 1. The number of hydrogen-bond donors (Lipinski definition) is 1. The van der Waals surface area contributed by atoms with Crippen molar-refractivity contribution in [1.82, 2.24) is 9.97 Å². The summed E-state index contributed by atoms with van der Waals surface area (Å²) in [4.78, 5) is 9.00. The monoisotopic (exact) mass is 421 g/mol. The quantitative estimate of drug-likeness (QED) is 0.373. The van der Waals surface area contributed by atoms with Gasteiger partial charge in [0, 0.05) is 23.9 Å². The van der Waals surface area contributed by atoms with E-state index in [9.17, 15) is 0 Å². The fraction of sp³-hybridized carbons (Fsp3) is 0.241. The number of nitrogens with zero attached hydrogens (tertiary/aromatic N) is 2. The fourth-order valence-electron chi connectivity index (χ4n) is 4.59. The highest BCUT2D eigenvalue weighted by Gasteiger charge is 2.21. The number of hydrogen-bond acceptors (Lipinski definition) is 3. The van der Waals surface area contributed by atoms with E-state index in [0.717, 1.165) is 22.5 Å². The summed E-state index contributed by atoms with van der Waals surface area (Å²) >= 11 is 0. The topological polar surface area (TPSA) is 51.8 Å². The highest BCUT2D eigenvalue weighted by atomic mass is 14.8. The normalized spacial score (nSPS) is 13.2. The zero-order valence-corrected chi connectivity index (χ0v) is 19.3. The maximum atomic E-state index is 6.82. The first kappa shape index (κ1) is 21.9. The van der Waals surface area contributed by atoms with E-state index < -0.39 is 0 Å². The maximum Gasteiger partial charge on any atom is 0.0729 e. The van der Waals surface area contributed by atoms with E-state index in [1.807, 2.05) is 30.3 Å². The van der Waals surface area contributed by atoms with E-state index in [1.165, 1.54) is 22.3 Å². The van der Waals surface area contributed by atoms with Crippen LogP contribution in [0.3, 0.4) is 0 Å². The lowest BCUT2D eigenvalue weighted by atomic mass is 9.82. The number of benzene rings is 2. The van der Waals surface area contributed by atoms with Gasteiger partial charge in [0.1, 0.15) is 0 Å². The van der Waals surface area contributed by atoms with Crippen molar-refractivity contribution >= 4 is 0 Å². The molecule has 2 aromatic heterocycles.